The van der Waals surface area contributed by atoms with Gasteiger partial charge in [-0.05, 0) is 60.4 Å². The molecule has 32 heavy (non-hydrogen) atoms. The number of anilines is 1. The Morgan fingerprint density at radius 1 is 0.875 bits per heavy atom. The van der Waals surface area contributed by atoms with Crippen LogP contribution in [0.3, 0.4) is 0 Å². The van der Waals surface area contributed by atoms with E-state index < -0.39 is 0 Å². The molecule has 0 saturated heterocycles. The molecule has 5 aromatic rings. The first-order chi connectivity index (χ1) is 15.6. The number of thiocarbonyl (C=S) groups is 1. The second-order valence-electron chi connectivity index (χ2n) is 7.42. The Hall–Kier alpha value is -4.10. The van der Waals surface area contributed by atoms with Gasteiger partial charge < -0.3 is 5.32 Å². The number of benzene rings is 4. The summed E-state index contributed by atoms with van der Waals surface area (Å²) in [5.74, 6) is -0.260. The van der Waals surface area contributed by atoms with Gasteiger partial charge in [0.25, 0.3) is 5.91 Å². The average molecular weight is 438 g/mol. The van der Waals surface area contributed by atoms with Crippen molar-refractivity contribution in [1.82, 2.24) is 20.3 Å². The lowest BCUT2D eigenvalue weighted by Crippen LogP contribution is -2.34. The van der Waals surface area contributed by atoms with Gasteiger partial charge in [0.05, 0.1) is 5.69 Å². The third-order valence-corrected chi connectivity index (χ3v) is 5.42. The number of aryl methyl sites for hydroxylation is 1. The van der Waals surface area contributed by atoms with Crippen molar-refractivity contribution >= 4 is 50.7 Å². The summed E-state index contributed by atoms with van der Waals surface area (Å²) in [6.45, 7) is 1.96. The van der Waals surface area contributed by atoms with Crippen molar-refractivity contribution in [3.05, 3.63) is 96.1 Å². The number of hydrogen-bond acceptors (Lipinski definition) is 4. The highest BCUT2D eigenvalue weighted by Gasteiger charge is 2.12. The van der Waals surface area contributed by atoms with Crippen LogP contribution in [0.2, 0.25) is 0 Å². The van der Waals surface area contributed by atoms with E-state index in [0.717, 1.165) is 38.7 Å². The number of hydrogen-bond donors (Lipinski definition) is 2. The number of amides is 1. The molecule has 0 saturated carbocycles. The van der Waals surface area contributed by atoms with Gasteiger partial charge in [0.2, 0.25) is 0 Å². The summed E-state index contributed by atoms with van der Waals surface area (Å²) < 4.78 is 0. The van der Waals surface area contributed by atoms with Crippen LogP contribution in [0.25, 0.3) is 27.5 Å². The minimum atomic E-state index is -0.260. The number of fused-ring (bicyclic) bond motifs is 2. The van der Waals surface area contributed by atoms with Gasteiger partial charge in [-0.1, -0.05) is 54.6 Å². The van der Waals surface area contributed by atoms with E-state index in [1.54, 1.807) is 16.9 Å². The van der Waals surface area contributed by atoms with Crippen molar-refractivity contribution in [2.75, 3.05) is 5.32 Å². The highest BCUT2D eigenvalue weighted by atomic mass is 32.1. The summed E-state index contributed by atoms with van der Waals surface area (Å²) >= 11 is 5.34. The predicted molar refractivity (Wildman–Crippen MR) is 131 cm³/mol. The predicted octanol–water partition coefficient (Wildman–Crippen LogP) is 5.01. The topological polar surface area (TPSA) is 71.8 Å². The lowest BCUT2D eigenvalue weighted by molar-refractivity contribution is 0.0977. The molecule has 4 aromatic carbocycles. The average Bonchev–Trinajstić information content (AvgIpc) is 3.22. The van der Waals surface area contributed by atoms with Gasteiger partial charge in [-0.2, -0.15) is 0 Å². The first-order valence-corrected chi connectivity index (χ1v) is 10.5. The molecule has 0 atom stereocenters. The van der Waals surface area contributed by atoms with Crippen molar-refractivity contribution < 1.29 is 4.79 Å². The maximum absolute atomic E-state index is 12.3. The van der Waals surface area contributed by atoms with Gasteiger partial charge >= 0.3 is 0 Å². The summed E-state index contributed by atoms with van der Waals surface area (Å²) in [5.41, 5.74) is 4.67. The van der Waals surface area contributed by atoms with Crippen LogP contribution in [0.5, 0.6) is 0 Å². The molecule has 5 rings (SSSR count). The zero-order valence-corrected chi connectivity index (χ0v) is 18.1. The largest absolute Gasteiger partial charge is 0.332 e. The molecule has 0 radical (unpaired) electrons. The van der Waals surface area contributed by atoms with Gasteiger partial charge in [-0.15, -0.1) is 15.0 Å². The third kappa shape index (κ3) is 3.81. The molecule has 0 aliphatic carbocycles. The van der Waals surface area contributed by atoms with Gasteiger partial charge in [0.15, 0.2) is 5.11 Å². The van der Waals surface area contributed by atoms with Gasteiger partial charge in [-0.3, -0.25) is 10.1 Å². The van der Waals surface area contributed by atoms with E-state index in [1.165, 1.54) is 0 Å². The molecule has 7 heteroatoms. The molecular weight excluding hydrogens is 418 g/mol. The first kappa shape index (κ1) is 19.8. The molecule has 1 amide bonds. The lowest BCUT2D eigenvalue weighted by Gasteiger charge is -2.11. The minimum absolute atomic E-state index is 0.225. The Morgan fingerprint density at radius 2 is 1.56 bits per heavy atom. The molecule has 1 heterocycles. The van der Waals surface area contributed by atoms with Crippen LogP contribution in [-0.2, 0) is 0 Å². The van der Waals surface area contributed by atoms with Gasteiger partial charge in [0.1, 0.15) is 11.0 Å². The van der Waals surface area contributed by atoms with E-state index >= 15 is 0 Å². The molecule has 6 nitrogen and oxygen atoms in total. The normalized spacial score (nSPS) is 10.9. The fourth-order valence-electron chi connectivity index (χ4n) is 3.61. The maximum Gasteiger partial charge on any atom is 0.257 e. The number of carbonyl (C=O) groups is 1. The van der Waals surface area contributed by atoms with Crippen LogP contribution < -0.4 is 10.6 Å². The molecule has 1 aromatic heterocycles. The molecular formula is C25H19N5OS. The molecule has 2 N–H and O–H groups in total. The quantitative estimate of drug-likeness (QED) is 0.388. The second kappa shape index (κ2) is 8.20. The molecule has 156 valence electrons. The van der Waals surface area contributed by atoms with E-state index in [-0.39, 0.29) is 11.0 Å². The summed E-state index contributed by atoms with van der Waals surface area (Å²) in [6, 6.07) is 27.0. The highest BCUT2D eigenvalue weighted by molar-refractivity contribution is 7.80. The minimum Gasteiger partial charge on any atom is -0.332 e. The van der Waals surface area contributed by atoms with E-state index in [9.17, 15) is 4.79 Å². The van der Waals surface area contributed by atoms with Gasteiger partial charge in [0, 0.05) is 16.6 Å². The molecule has 0 bridgehead atoms. The fraction of sp³-hybridized carbons (Fsp3) is 0.0400. The molecule has 0 spiro atoms. The smallest absolute Gasteiger partial charge is 0.257 e. The maximum atomic E-state index is 12.3. The van der Waals surface area contributed by atoms with Crippen molar-refractivity contribution in [3.63, 3.8) is 0 Å². The lowest BCUT2D eigenvalue weighted by atomic mass is 10.1. The summed E-state index contributed by atoms with van der Waals surface area (Å²) in [5, 5.41) is 17.6. The molecule has 0 unspecified atom stereocenters. The zero-order chi connectivity index (χ0) is 22.1. The summed E-state index contributed by atoms with van der Waals surface area (Å²) in [6.07, 6.45) is 0. The fourth-order valence-corrected chi connectivity index (χ4v) is 3.81. The summed E-state index contributed by atoms with van der Waals surface area (Å²) in [4.78, 5) is 14.0. The molecule has 0 aliphatic heterocycles. The number of carbonyl (C=O) groups excluding carboxylic acids is 1. The standard InChI is InChI=1S/C25H19N5OS/c1-16-14-21-22(15-20(16)26-25(32)27-24(31)18-9-3-2-4-10-18)29-30(28-21)23-13-7-11-17-8-5-6-12-19(17)23/h2-15H,1H3,(H2,26,27,31,32). The highest BCUT2D eigenvalue weighted by Crippen LogP contribution is 2.25. The van der Waals surface area contributed by atoms with E-state index in [4.69, 9.17) is 12.2 Å². The van der Waals surface area contributed by atoms with Crippen LogP contribution in [0.15, 0.2) is 84.9 Å². The third-order valence-electron chi connectivity index (χ3n) is 5.22. The van der Waals surface area contributed by atoms with Gasteiger partial charge in [-0.25, -0.2) is 0 Å². The van der Waals surface area contributed by atoms with E-state index in [0.29, 0.717) is 5.56 Å². The first-order valence-electron chi connectivity index (χ1n) is 10.1. The number of nitrogens with zero attached hydrogens (tertiary/aromatic N) is 3. The second-order valence-corrected chi connectivity index (χ2v) is 7.83. The van der Waals surface area contributed by atoms with Crippen molar-refractivity contribution in [2.45, 2.75) is 6.92 Å². The van der Waals surface area contributed by atoms with Crippen LogP contribution in [0, 0.1) is 6.92 Å². The van der Waals surface area contributed by atoms with Crippen LogP contribution in [-0.4, -0.2) is 26.0 Å². The van der Waals surface area contributed by atoms with Crippen LogP contribution >= 0.6 is 12.2 Å². The monoisotopic (exact) mass is 437 g/mol. The van der Waals surface area contributed by atoms with Crippen molar-refractivity contribution in [3.8, 4) is 5.69 Å². The Morgan fingerprint density at radius 3 is 2.38 bits per heavy atom. The summed E-state index contributed by atoms with van der Waals surface area (Å²) in [7, 11) is 0. The Balaban J connectivity index is 1.42. The van der Waals surface area contributed by atoms with Crippen molar-refractivity contribution in [2.24, 2.45) is 0 Å². The molecule has 0 fully saturated rings. The Bertz CT molecular complexity index is 1470. The zero-order valence-electron chi connectivity index (χ0n) is 17.2. The number of nitrogens with one attached hydrogen (secondary N) is 2. The van der Waals surface area contributed by atoms with Crippen LogP contribution in [0.4, 0.5) is 5.69 Å². The number of rotatable bonds is 3. The van der Waals surface area contributed by atoms with Crippen LogP contribution in [0.1, 0.15) is 15.9 Å². The van der Waals surface area contributed by atoms with E-state index in [2.05, 4.69) is 39.0 Å². The number of aromatic nitrogens is 3. The SMILES string of the molecule is Cc1cc2nn(-c3cccc4ccccc34)nc2cc1NC(=S)NC(=O)c1ccccc1. The molecule has 0 aliphatic rings. The van der Waals surface area contributed by atoms with Crippen molar-refractivity contribution in [1.29, 1.82) is 0 Å². The Kier molecular flexibility index (Phi) is 5.09. The Labute approximate surface area is 189 Å². The van der Waals surface area contributed by atoms with E-state index in [1.807, 2.05) is 61.5 Å².